The first-order chi connectivity index (χ1) is 8.50. The topological polar surface area (TPSA) is 80.2 Å². The lowest BCUT2D eigenvalue weighted by Crippen LogP contribution is -2.03. The Balaban J connectivity index is 2.61. The normalized spacial score (nSPS) is 10.3. The minimum Gasteiger partial charge on any atom is -0.476 e. The number of carboxylic acid groups (broad SMARTS) is 1. The van der Waals surface area contributed by atoms with Gasteiger partial charge in [0.05, 0.1) is 0 Å². The first kappa shape index (κ1) is 12.8. The van der Waals surface area contributed by atoms with E-state index in [-0.39, 0.29) is 16.4 Å². The summed E-state index contributed by atoms with van der Waals surface area (Å²) in [5.41, 5.74) is 0.303. The molecule has 0 saturated carbocycles. The van der Waals surface area contributed by atoms with Crippen molar-refractivity contribution in [3.63, 3.8) is 0 Å². The molecule has 0 unspecified atom stereocenters. The largest absolute Gasteiger partial charge is 0.476 e. The van der Waals surface area contributed by atoms with E-state index in [9.17, 15) is 9.59 Å². The molecular weight excluding hydrogens is 320 g/mol. The maximum atomic E-state index is 11.4. The van der Waals surface area contributed by atoms with Gasteiger partial charge in [0.2, 0.25) is 0 Å². The second-order valence-electron chi connectivity index (χ2n) is 3.39. The third-order valence-electron chi connectivity index (χ3n) is 2.11. The van der Waals surface area contributed by atoms with Crippen molar-refractivity contribution in [3.05, 3.63) is 33.4 Å². The molecule has 92 valence electrons. The van der Waals surface area contributed by atoms with Crippen LogP contribution in [0.15, 0.2) is 22.8 Å². The third-order valence-corrected chi connectivity index (χ3v) is 3.91. The number of halogens is 1. The standard InChI is InChI=1S/C11H7BrN2O3S/c1-5(15)9-8(11(16)17)14-10(18-9)7-6(12)3-2-4-13-7/h2-4H,1H3,(H,16,17). The van der Waals surface area contributed by atoms with E-state index < -0.39 is 5.97 Å². The molecule has 1 N–H and O–H groups in total. The van der Waals surface area contributed by atoms with E-state index in [1.165, 1.54) is 6.92 Å². The molecule has 2 rings (SSSR count). The fourth-order valence-electron chi connectivity index (χ4n) is 1.35. The van der Waals surface area contributed by atoms with Crippen LogP contribution in [-0.2, 0) is 0 Å². The van der Waals surface area contributed by atoms with E-state index in [2.05, 4.69) is 25.9 Å². The van der Waals surface area contributed by atoms with Crippen molar-refractivity contribution in [2.75, 3.05) is 0 Å². The number of nitrogens with zero attached hydrogens (tertiary/aromatic N) is 2. The third kappa shape index (κ3) is 2.32. The zero-order valence-corrected chi connectivity index (χ0v) is 11.6. The van der Waals surface area contributed by atoms with Gasteiger partial charge in [0.25, 0.3) is 0 Å². The lowest BCUT2D eigenvalue weighted by Gasteiger charge is -1.96. The van der Waals surface area contributed by atoms with Crippen LogP contribution < -0.4 is 0 Å². The molecule has 7 heteroatoms. The number of pyridine rings is 1. The molecule has 2 aromatic rings. The maximum absolute atomic E-state index is 11.4. The number of hydrogen-bond acceptors (Lipinski definition) is 5. The van der Waals surface area contributed by atoms with Crippen LogP contribution in [0, 0.1) is 0 Å². The summed E-state index contributed by atoms with van der Waals surface area (Å²) in [6.45, 7) is 1.32. The minimum atomic E-state index is -1.21. The van der Waals surface area contributed by atoms with Crippen molar-refractivity contribution in [1.82, 2.24) is 9.97 Å². The Morgan fingerprint density at radius 1 is 1.44 bits per heavy atom. The lowest BCUT2D eigenvalue weighted by atomic mass is 10.3. The second kappa shape index (κ2) is 4.95. The molecule has 0 bridgehead atoms. The van der Waals surface area contributed by atoms with Gasteiger partial charge < -0.3 is 5.11 Å². The summed E-state index contributed by atoms with van der Waals surface area (Å²) in [4.78, 5) is 30.6. The number of rotatable bonds is 3. The molecule has 0 spiro atoms. The molecule has 18 heavy (non-hydrogen) atoms. The van der Waals surface area contributed by atoms with E-state index in [0.717, 1.165) is 11.3 Å². The SMILES string of the molecule is CC(=O)c1sc(-c2ncccc2Br)nc1C(=O)O. The smallest absolute Gasteiger partial charge is 0.356 e. The van der Waals surface area contributed by atoms with E-state index in [0.29, 0.717) is 15.2 Å². The Kier molecular flexibility index (Phi) is 3.53. The maximum Gasteiger partial charge on any atom is 0.356 e. The van der Waals surface area contributed by atoms with E-state index in [1.54, 1.807) is 18.3 Å². The molecule has 0 aliphatic rings. The molecule has 0 aromatic carbocycles. The number of hydrogen-bond donors (Lipinski definition) is 1. The van der Waals surface area contributed by atoms with Gasteiger partial charge in [0, 0.05) is 17.6 Å². The highest BCUT2D eigenvalue weighted by molar-refractivity contribution is 9.10. The number of carbonyl (C=O) groups is 2. The van der Waals surface area contributed by atoms with Gasteiger partial charge in [-0.2, -0.15) is 0 Å². The number of aromatic nitrogens is 2. The summed E-state index contributed by atoms with van der Waals surface area (Å²) < 4.78 is 0.700. The second-order valence-corrected chi connectivity index (χ2v) is 5.25. The summed E-state index contributed by atoms with van der Waals surface area (Å²) >= 11 is 4.34. The average molecular weight is 327 g/mol. The van der Waals surface area contributed by atoms with E-state index >= 15 is 0 Å². The number of ketones is 1. The van der Waals surface area contributed by atoms with Crippen molar-refractivity contribution >= 4 is 39.0 Å². The summed E-state index contributed by atoms with van der Waals surface area (Å²) in [6, 6.07) is 3.52. The highest BCUT2D eigenvalue weighted by Crippen LogP contribution is 2.31. The highest BCUT2D eigenvalue weighted by Gasteiger charge is 2.22. The molecule has 2 aromatic heterocycles. The summed E-state index contributed by atoms with van der Waals surface area (Å²) in [6.07, 6.45) is 1.58. The Labute approximate surface area is 115 Å². The quantitative estimate of drug-likeness (QED) is 0.877. The zero-order chi connectivity index (χ0) is 13.3. The van der Waals surface area contributed by atoms with Crippen LogP contribution in [0.1, 0.15) is 27.1 Å². The van der Waals surface area contributed by atoms with Crippen molar-refractivity contribution in [1.29, 1.82) is 0 Å². The molecule has 0 atom stereocenters. The molecule has 0 fully saturated rings. The van der Waals surface area contributed by atoms with Gasteiger partial charge in [-0.3, -0.25) is 9.78 Å². The van der Waals surface area contributed by atoms with Crippen LogP contribution in [0.25, 0.3) is 10.7 Å². The minimum absolute atomic E-state index is 0.134. The number of Topliss-reactive ketones (excluding diaryl/α,β-unsaturated/α-hetero) is 1. The van der Waals surface area contributed by atoms with E-state index in [1.807, 2.05) is 0 Å². The van der Waals surface area contributed by atoms with Crippen LogP contribution in [0.2, 0.25) is 0 Å². The first-order valence-corrected chi connectivity index (χ1v) is 6.47. The molecule has 0 aliphatic carbocycles. The number of carbonyl (C=O) groups excluding carboxylic acids is 1. The van der Waals surface area contributed by atoms with Gasteiger partial charge in [-0.1, -0.05) is 0 Å². The molecule has 2 heterocycles. The van der Waals surface area contributed by atoms with E-state index in [4.69, 9.17) is 5.11 Å². The number of aromatic carboxylic acids is 1. The predicted octanol–water partition coefficient (Wildman–Crippen LogP) is 2.87. The summed E-state index contributed by atoms with van der Waals surface area (Å²) in [5.74, 6) is -1.53. The van der Waals surface area contributed by atoms with Crippen LogP contribution in [-0.4, -0.2) is 26.8 Å². The predicted molar refractivity (Wildman–Crippen MR) is 70.0 cm³/mol. The zero-order valence-electron chi connectivity index (χ0n) is 9.18. The molecule has 0 radical (unpaired) electrons. The molecule has 0 saturated heterocycles. The van der Waals surface area contributed by atoms with Gasteiger partial charge >= 0.3 is 5.97 Å². The highest BCUT2D eigenvalue weighted by atomic mass is 79.9. The molecule has 0 amide bonds. The first-order valence-electron chi connectivity index (χ1n) is 4.86. The van der Waals surface area contributed by atoms with Crippen molar-refractivity contribution in [2.45, 2.75) is 6.92 Å². The van der Waals surface area contributed by atoms with Crippen LogP contribution in [0.4, 0.5) is 0 Å². The van der Waals surface area contributed by atoms with Gasteiger partial charge in [0.15, 0.2) is 11.5 Å². The molecular formula is C11H7BrN2O3S. The van der Waals surface area contributed by atoms with Gasteiger partial charge in [0.1, 0.15) is 15.6 Å². The van der Waals surface area contributed by atoms with Crippen LogP contribution in [0.3, 0.4) is 0 Å². The fraction of sp³-hybridized carbons (Fsp3) is 0.0909. The van der Waals surface area contributed by atoms with Crippen molar-refractivity contribution < 1.29 is 14.7 Å². The fourth-order valence-corrected chi connectivity index (χ4v) is 2.89. The Morgan fingerprint density at radius 2 is 2.17 bits per heavy atom. The van der Waals surface area contributed by atoms with Crippen molar-refractivity contribution in [2.24, 2.45) is 0 Å². The van der Waals surface area contributed by atoms with Gasteiger partial charge in [-0.15, -0.1) is 11.3 Å². The van der Waals surface area contributed by atoms with Gasteiger partial charge in [-0.05, 0) is 28.1 Å². The Morgan fingerprint density at radius 3 is 2.67 bits per heavy atom. The Bertz CT molecular complexity index is 607. The summed E-state index contributed by atoms with van der Waals surface area (Å²) in [5, 5.41) is 9.41. The van der Waals surface area contributed by atoms with Crippen molar-refractivity contribution in [3.8, 4) is 10.7 Å². The monoisotopic (exact) mass is 326 g/mol. The molecule has 0 aliphatic heterocycles. The Hall–Kier alpha value is -1.60. The average Bonchev–Trinajstić information content (AvgIpc) is 2.74. The summed E-state index contributed by atoms with van der Waals surface area (Å²) in [7, 11) is 0. The van der Waals surface area contributed by atoms with Crippen LogP contribution in [0.5, 0.6) is 0 Å². The van der Waals surface area contributed by atoms with Gasteiger partial charge in [-0.25, -0.2) is 9.78 Å². The van der Waals surface area contributed by atoms with Crippen LogP contribution >= 0.6 is 27.3 Å². The lowest BCUT2D eigenvalue weighted by molar-refractivity contribution is 0.0687. The number of carboxylic acids is 1. The molecule has 5 nitrogen and oxygen atoms in total. The number of thiazole rings is 1.